The maximum atomic E-state index is 13.3. The van der Waals surface area contributed by atoms with Gasteiger partial charge in [-0.05, 0) is 75.3 Å². The Labute approximate surface area is 250 Å². The van der Waals surface area contributed by atoms with Crippen molar-refractivity contribution in [2.75, 3.05) is 31.1 Å². The topological polar surface area (TPSA) is 174 Å². The normalized spacial score (nSPS) is 11.9. The van der Waals surface area contributed by atoms with Crippen molar-refractivity contribution < 1.29 is 24.2 Å². The first-order valence-electron chi connectivity index (χ1n) is 13.4. The quantitative estimate of drug-likeness (QED) is 0.250. The lowest BCUT2D eigenvalue weighted by molar-refractivity contribution is 0.0222. The number of carboxylic acids is 1. The number of aromatic nitrogens is 2. The second-order valence-corrected chi connectivity index (χ2v) is 11.4. The third kappa shape index (κ3) is 9.34. The molecule has 6 N–H and O–H groups in total. The number of nitrogens with zero attached hydrogens (tertiary/aromatic N) is 3. The number of nitrogen functional groups attached to an aromatic ring is 2. The monoisotopic (exact) mass is 596 g/mol. The van der Waals surface area contributed by atoms with Gasteiger partial charge < -0.3 is 31.5 Å². The summed E-state index contributed by atoms with van der Waals surface area (Å²) in [5.74, 6) is -2.02. The molecular weight excluding hydrogens is 560 g/mol. The number of amides is 2. The van der Waals surface area contributed by atoms with Gasteiger partial charge in [0, 0.05) is 19.6 Å². The van der Waals surface area contributed by atoms with Gasteiger partial charge in [-0.2, -0.15) is 0 Å². The number of aryl methyl sites for hydroxylation is 1. The zero-order chi connectivity index (χ0) is 31.0. The molecule has 1 aromatic heterocycles. The Balaban J connectivity index is 1.84. The molecule has 0 spiro atoms. The summed E-state index contributed by atoms with van der Waals surface area (Å²) in [5, 5.41) is 11.9. The molecule has 0 radical (unpaired) electrons. The summed E-state index contributed by atoms with van der Waals surface area (Å²) in [6.07, 6.45) is 0.535. The number of carboxylic acid groups (broad SMARTS) is 1. The first-order valence-corrected chi connectivity index (χ1v) is 13.8. The average molecular weight is 597 g/mol. The number of ether oxygens (including phenoxy) is 1. The predicted molar refractivity (Wildman–Crippen MR) is 161 cm³/mol. The molecule has 11 nitrogen and oxygen atoms in total. The van der Waals surface area contributed by atoms with Gasteiger partial charge in [0.2, 0.25) is 0 Å². The fourth-order valence-corrected chi connectivity index (χ4v) is 4.38. The molecule has 1 heterocycles. The standard InChI is InChI=1S/C30H37ClN6O5/c1-18-7-5-6-8-22(18)15-20(16-34-27(38)23-25(32)36-26(33)24(31)35-23)17-37(29(41)42-30(2,3)4)14-13-19-9-11-21(12-10-19)28(39)40/h5-12,20H,13-17H2,1-4H3,(H,34,38)(H,39,40)(H4,32,33,36)/t20-/m0/s1. The molecule has 12 heteroatoms. The van der Waals surface area contributed by atoms with E-state index in [2.05, 4.69) is 15.3 Å². The van der Waals surface area contributed by atoms with Crippen LogP contribution in [-0.4, -0.2) is 63.2 Å². The Morgan fingerprint density at radius 2 is 1.71 bits per heavy atom. The van der Waals surface area contributed by atoms with Gasteiger partial charge >= 0.3 is 12.1 Å². The second-order valence-electron chi connectivity index (χ2n) is 11.0. The van der Waals surface area contributed by atoms with Crippen molar-refractivity contribution in [3.05, 3.63) is 81.6 Å². The van der Waals surface area contributed by atoms with Gasteiger partial charge in [-0.25, -0.2) is 19.6 Å². The molecule has 0 saturated carbocycles. The highest BCUT2D eigenvalue weighted by Gasteiger charge is 2.26. The molecule has 2 aromatic carbocycles. The van der Waals surface area contributed by atoms with Gasteiger partial charge in [0.25, 0.3) is 5.91 Å². The highest BCUT2D eigenvalue weighted by molar-refractivity contribution is 6.31. The Bertz CT molecular complexity index is 1420. The van der Waals surface area contributed by atoms with E-state index >= 15 is 0 Å². The molecule has 0 saturated heterocycles. The van der Waals surface area contributed by atoms with Gasteiger partial charge in [-0.1, -0.05) is 48.0 Å². The maximum absolute atomic E-state index is 13.3. The number of hydrogen-bond acceptors (Lipinski definition) is 8. The Kier molecular flexibility index (Phi) is 10.7. The van der Waals surface area contributed by atoms with E-state index in [1.807, 2.05) is 31.2 Å². The van der Waals surface area contributed by atoms with Crippen LogP contribution in [0.25, 0.3) is 0 Å². The number of anilines is 2. The van der Waals surface area contributed by atoms with Crippen molar-refractivity contribution in [3.8, 4) is 0 Å². The molecule has 1 atom stereocenters. The van der Waals surface area contributed by atoms with Gasteiger partial charge in [0.1, 0.15) is 5.60 Å². The van der Waals surface area contributed by atoms with Crippen LogP contribution in [0.4, 0.5) is 16.4 Å². The number of aromatic carboxylic acids is 1. The fraction of sp³-hybridized carbons (Fsp3) is 0.367. The zero-order valence-electron chi connectivity index (χ0n) is 24.2. The number of halogens is 1. The molecule has 42 heavy (non-hydrogen) atoms. The van der Waals surface area contributed by atoms with Crippen molar-refractivity contribution in [2.45, 2.75) is 46.1 Å². The summed E-state index contributed by atoms with van der Waals surface area (Å²) in [6.45, 7) is 8.14. The number of rotatable bonds is 11. The molecule has 0 fully saturated rings. The van der Waals surface area contributed by atoms with Crippen molar-refractivity contribution in [2.24, 2.45) is 5.92 Å². The van der Waals surface area contributed by atoms with E-state index in [0.29, 0.717) is 19.4 Å². The van der Waals surface area contributed by atoms with E-state index in [1.165, 1.54) is 12.1 Å². The number of nitrogens with one attached hydrogen (secondary N) is 1. The minimum atomic E-state index is -1.01. The van der Waals surface area contributed by atoms with Gasteiger partial charge in [0.15, 0.2) is 22.5 Å². The average Bonchev–Trinajstić information content (AvgIpc) is 2.91. The van der Waals surface area contributed by atoms with Crippen LogP contribution in [0.15, 0.2) is 48.5 Å². The Hall–Kier alpha value is -4.38. The lowest BCUT2D eigenvalue weighted by Crippen LogP contribution is -2.44. The molecule has 224 valence electrons. The number of nitrogens with two attached hydrogens (primary N) is 2. The summed E-state index contributed by atoms with van der Waals surface area (Å²) in [6, 6.07) is 14.4. The molecule has 0 aliphatic rings. The lowest BCUT2D eigenvalue weighted by Gasteiger charge is -2.31. The largest absolute Gasteiger partial charge is 0.478 e. The van der Waals surface area contributed by atoms with Crippen LogP contribution in [0.1, 0.15) is 58.3 Å². The van der Waals surface area contributed by atoms with E-state index < -0.39 is 23.6 Å². The molecular formula is C30H37ClN6O5. The van der Waals surface area contributed by atoms with Crippen LogP contribution in [0.3, 0.4) is 0 Å². The molecule has 0 aliphatic heterocycles. The molecule has 3 rings (SSSR count). The summed E-state index contributed by atoms with van der Waals surface area (Å²) in [7, 11) is 0. The predicted octanol–water partition coefficient (Wildman–Crippen LogP) is 4.37. The van der Waals surface area contributed by atoms with E-state index in [4.69, 9.17) is 27.8 Å². The van der Waals surface area contributed by atoms with Crippen molar-refractivity contribution in [3.63, 3.8) is 0 Å². The van der Waals surface area contributed by atoms with Crippen molar-refractivity contribution in [1.82, 2.24) is 20.2 Å². The third-order valence-electron chi connectivity index (χ3n) is 6.44. The minimum Gasteiger partial charge on any atom is -0.478 e. The summed E-state index contributed by atoms with van der Waals surface area (Å²) < 4.78 is 5.71. The number of carbonyl (C=O) groups is 3. The fourth-order valence-electron chi connectivity index (χ4n) is 4.25. The second kappa shape index (κ2) is 14.0. The van der Waals surface area contributed by atoms with Crippen LogP contribution in [0.2, 0.25) is 5.15 Å². The Morgan fingerprint density at radius 1 is 1.05 bits per heavy atom. The number of benzene rings is 2. The van der Waals surface area contributed by atoms with Crippen molar-refractivity contribution >= 4 is 41.2 Å². The SMILES string of the molecule is Cc1ccccc1C[C@@H](CNC(=O)c1nc(Cl)c(N)nc1N)CN(CCc1ccc(C(=O)O)cc1)C(=O)OC(C)(C)C. The lowest BCUT2D eigenvalue weighted by atomic mass is 9.95. The molecule has 3 aromatic rings. The van der Waals surface area contributed by atoms with E-state index in [1.54, 1.807) is 37.8 Å². The number of carbonyl (C=O) groups excluding carboxylic acids is 2. The third-order valence-corrected chi connectivity index (χ3v) is 6.72. The Morgan fingerprint density at radius 3 is 2.33 bits per heavy atom. The highest BCUT2D eigenvalue weighted by Crippen LogP contribution is 2.20. The van der Waals surface area contributed by atoms with Crippen LogP contribution < -0.4 is 16.8 Å². The first kappa shape index (κ1) is 32.1. The zero-order valence-corrected chi connectivity index (χ0v) is 24.9. The van der Waals surface area contributed by atoms with Crippen LogP contribution in [0, 0.1) is 12.8 Å². The smallest absolute Gasteiger partial charge is 0.410 e. The van der Waals surface area contributed by atoms with E-state index in [0.717, 1.165) is 16.7 Å². The summed E-state index contributed by atoms with van der Waals surface area (Å²) in [4.78, 5) is 47.0. The molecule has 2 amide bonds. The molecule has 0 bridgehead atoms. The summed E-state index contributed by atoms with van der Waals surface area (Å²) >= 11 is 5.96. The van der Waals surface area contributed by atoms with Crippen LogP contribution >= 0.6 is 11.6 Å². The molecule has 0 unspecified atom stereocenters. The van der Waals surface area contributed by atoms with E-state index in [-0.39, 0.29) is 47.1 Å². The maximum Gasteiger partial charge on any atom is 0.410 e. The summed E-state index contributed by atoms with van der Waals surface area (Å²) in [5.41, 5.74) is 13.8. The van der Waals surface area contributed by atoms with Gasteiger partial charge in [-0.3, -0.25) is 4.79 Å². The number of hydrogen-bond donors (Lipinski definition) is 4. The van der Waals surface area contributed by atoms with E-state index in [9.17, 15) is 19.5 Å². The van der Waals surface area contributed by atoms with Crippen LogP contribution in [0.5, 0.6) is 0 Å². The highest BCUT2D eigenvalue weighted by atomic mass is 35.5. The first-order chi connectivity index (χ1) is 19.7. The minimum absolute atomic E-state index is 0.0752. The van der Waals surface area contributed by atoms with Crippen LogP contribution in [-0.2, 0) is 17.6 Å². The van der Waals surface area contributed by atoms with Gasteiger partial charge in [0.05, 0.1) is 5.56 Å². The van der Waals surface area contributed by atoms with Crippen molar-refractivity contribution in [1.29, 1.82) is 0 Å². The van der Waals surface area contributed by atoms with Gasteiger partial charge in [-0.15, -0.1) is 0 Å². The molecule has 0 aliphatic carbocycles.